The number of nitrogens with zero attached hydrogens (tertiary/aromatic N) is 3. The Morgan fingerprint density at radius 1 is 0.879 bits per heavy atom. The molecular formula is C25H19BrN4O3. The molecule has 2 aliphatic rings. The van der Waals surface area contributed by atoms with Gasteiger partial charge in [0.05, 0.1) is 11.4 Å². The summed E-state index contributed by atoms with van der Waals surface area (Å²) in [5.41, 5.74) is 2.73. The first-order valence-electron chi connectivity index (χ1n) is 10.4. The quantitative estimate of drug-likeness (QED) is 0.543. The van der Waals surface area contributed by atoms with E-state index in [0.717, 1.165) is 14.9 Å². The monoisotopic (exact) mass is 502 g/mol. The molecule has 3 aromatic carbocycles. The van der Waals surface area contributed by atoms with Gasteiger partial charge in [-0.05, 0) is 55.5 Å². The van der Waals surface area contributed by atoms with Crippen LogP contribution in [0.25, 0.3) is 0 Å². The molecular weight excluding hydrogens is 484 g/mol. The zero-order valence-electron chi connectivity index (χ0n) is 17.6. The van der Waals surface area contributed by atoms with Gasteiger partial charge in [0, 0.05) is 10.2 Å². The van der Waals surface area contributed by atoms with E-state index in [1.165, 1.54) is 5.01 Å². The molecule has 2 aliphatic heterocycles. The molecule has 2 heterocycles. The molecule has 0 aromatic heterocycles. The lowest BCUT2D eigenvalue weighted by Gasteiger charge is -2.22. The zero-order chi connectivity index (χ0) is 23.1. The summed E-state index contributed by atoms with van der Waals surface area (Å²) >= 11 is 3.37. The molecule has 164 valence electrons. The van der Waals surface area contributed by atoms with Crippen LogP contribution in [-0.2, 0) is 14.4 Å². The minimum Gasteiger partial charge on any atom is -0.321 e. The fourth-order valence-electron chi connectivity index (χ4n) is 4.07. The Morgan fingerprint density at radius 2 is 1.52 bits per heavy atom. The van der Waals surface area contributed by atoms with Crippen LogP contribution in [-0.4, -0.2) is 29.5 Å². The first kappa shape index (κ1) is 21.1. The molecule has 0 bridgehead atoms. The molecule has 0 radical (unpaired) electrons. The Hall–Kier alpha value is -3.78. The second-order valence-corrected chi connectivity index (χ2v) is 8.81. The predicted molar refractivity (Wildman–Crippen MR) is 130 cm³/mol. The van der Waals surface area contributed by atoms with Gasteiger partial charge in [-0.25, -0.2) is 4.90 Å². The molecule has 0 aliphatic carbocycles. The van der Waals surface area contributed by atoms with Crippen LogP contribution >= 0.6 is 15.9 Å². The molecule has 2 atom stereocenters. The highest BCUT2D eigenvalue weighted by molar-refractivity contribution is 9.10. The summed E-state index contributed by atoms with van der Waals surface area (Å²) in [4.78, 5) is 41.3. The average molecular weight is 503 g/mol. The molecule has 3 aromatic rings. The van der Waals surface area contributed by atoms with Gasteiger partial charge >= 0.3 is 0 Å². The number of aryl methyl sites for hydroxylation is 1. The number of fused-ring (bicyclic) bond motifs is 1. The standard InChI is InChI=1S/C25H19BrN4O3/c1-15-7-11-19(12-8-15)30-22-20(21(28-30)23(31)27-17-5-3-2-4-6-17)24(32)29(25(22)33)18-13-9-16(26)10-14-18/h2-14,20,22H,1H3,(H,27,31)/t20-,22-/m1/s1. The van der Waals surface area contributed by atoms with Gasteiger partial charge in [0.2, 0.25) is 5.91 Å². The van der Waals surface area contributed by atoms with Gasteiger partial charge in [0.25, 0.3) is 11.8 Å². The summed E-state index contributed by atoms with van der Waals surface area (Å²) in [5.74, 6) is -2.40. The Morgan fingerprint density at radius 3 is 2.18 bits per heavy atom. The fourth-order valence-corrected chi connectivity index (χ4v) is 4.34. The van der Waals surface area contributed by atoms with E-state index in [1.54, 1.807) is 48.5 Å². The summed E-state index contributed by atoms with van der Waals surface area (Å²) in [6.07, 6.45) is 0. The first-order valence-corrected chi connectivity index (χ1v) is 11.2. The molecule has 1 fully saturated rings. The fraction of sp³-hybridized carbons (Fsp3) is 0.120. The summed E-state index contributed by atoms with van der Waals surface area (Å²) in [6.45, 7) is 1.96. The van der Waals surface area contributed by atoms with Crippen LogP contribution in [0.1, 0.15) is 5.56 Å². The topological polar surface area (TPSA) is 82.1 Å². The smallest absolute Gasteiger partial charge is 0.272 e. The zero-order valence-corrected chi connectivity index (χ0v) is 19.2. The lowest BCUT2D eigenvalue weighted by molar-refractivity contribution is -0.122. The highest BCUT2D eigenvalue weighted by atomic mass is 79.9. The molecule has 7 nitrogen and oxygen atoms in total. The third-order valence-electron chi connectivity index (χ3n) is 5.70. The minimum absolute atomic E-state index is 0.0161. The van der Waals surface area contributed by atoms with Crippen molar-refractivity contribution in [2.24, 2.45) is 11.0 Å². The minimum atomic E-state index is -1.01. The van der Waals surface area contributed by atoms with Gasteiger partial charge in [-0.15, -0.1) is 0 Å². The van der Waals surface area contributed by atoms with Crippen molar-refractivity contribution in [3.8, 4) is 0 Å². The van der Waals surface area contributed by atoms with Crippen LogP contribution in [0.5, 0.6) is 0 Å². The molecule has 5 rings (SSSR count). The van der Waals surface area contributed by atoms with Gasteiger partial charge < -0.3 is 5.32 Å². The predicted octanol–water partition coefficient (Wildman–Crippen LogP) is 4.13. The molecule has 1 N–H and O–H groups in total. The Balaban J connectivity index is 1.55. The number of rotatable bonds is 4. The van der Waals surface area contributed by atoms with E-state index < -0.39 is 29.7 Å². The number of hydrazone groups is 1. The molecule has 0 spiro atoms. The molecule has 0 unspecified atom stereocenters. The Labute approximate surface area is 198 Å². The molecule has 1 saturated heterocycles. The SMILES string of the molecule is Cc1ccc(N2N=C(C(=O)Nc3ccccc3)[C@H]3C(=O)N(c4ccc(Br)cc4)C(=O)[C@@H]32)cc1. The first-order chi connectivity index (χ1) is 15.9. The van der Waals surface area contributed by atoms with Crippen LogP contribution in [0.4, 0.5) is 17.1 Å². The second-order valence-electron chi connectivity index (χ2n) is 7.90. The van der Waals surface area contributed by atoms with Crippen molar-refractivity contribution in [1.82, 2.24) is 0 Å². The summed E-state index contributed by atoms with van der Waals surface area (Å²) in [5, 5.41) is 8.75. The number of imide groups is 1. The number of hydrogen-bond donors (Lipinski definition) is 1. The number of carbonyl (C=O) groups excluding carboxylic acids is 3. The van der Waals surface area contributed by atoms with E-state index in [9.17, 15) is 14.4 Å². The second kappa shape index (κ2) is 8.29. The van der Waals surface area contributed by atoms with E-state index in [1.807, 2.05) is 37.3 Å². The number of amides is 3. The number of nitrogens with one attached hydrogen (secondary N) is 1. The lowest BCUT2D eigenvalue weighted by atomic mass is 9.97. The number of para-hydroxylation sites is 1. The van der Waals surface area contributed by atoms with Gasteiger partial charge in [0.15, 0.2) is 0 Å². The highest BCUT2D eigenvalue weighted by Crippen LogP contribution is 2.38. The van der Waals surface area contributed by atoms with Crippen LogP contribution in [0.3, 0.4) is 0 Å². The van der Waals surface area contributed by atoms with Crippen LogP contribution in [0, 0.1) is 12.8 Å². The van der Waals surface area contributed by atoms with Crippen molar-refractivity contribution in [3.05, 3.63) is 88.9 Å². The third-order valence-corrected chi connectivity index (χ3v) is 6.23. The maximum absolute atomic E-state index is 13.5. The third kappa shape index (κ3) is 3.72. The van der Waals surface area contributed by atoms with E-state index in [-0.39, 0.29) is 5.71 Å². The number of carbonyl (C=O) groups is 3. The summed E-state index contributed by atoms with van der Waals surface area (Å²) in [7, 11) is 0. The van der Waals surface area contributed by atoms with E-state index in [4.69, 9.17) is 0 Å². The molecule has 8 heteroatoms. The van der Waals surface area contributed by atoms with Gasteiger partial charge in [-0.3, -0.25) is 19.4 Å². The largest absolute Gasteiger partial charge is 0.321 e. The van der Waals surface area contributed by atoms with E-state index in [0.29, 0.717) is 17.1 Å². The van der Waals surface area contributed by atoms with Crippen molar-refractivity contribution >= 4 is 56.4 Å². The van der Waals surface area contributed by atoms with E-state index in [2.05, 4.69) is 26.3 Å². The number of halogens is 1. The summed E-state index contributed by atoms with van der Waals surface area (Å²) in [6, 6.07) is 22.4. The highest BCUT2D eigenvalue weighted by Gasteiger charge is 2.58. The van der Waals surface area contributed by atoms with Crippen LogP contribution in [0.15, 0.2) is 88.4 Å². The van der Waals surface area contributed by atoms with Crippen molar-refractivity contribution in [2.75, 3.05) is 15.2 Å². The van der Waals surface area contributed by atoms with Crippen molar-refractivity contribution in [2.45, 2.75) is 13.0 Å². The van der Waals surface area contributed by atoms with Crippen molar-refractivity contribution < 1.29 is 14.4 Å². The normalized spacial score (nSPS) is 19.5. The number of benzene rings is 3. The number of hydrogen-bond acceptors (Lipinski definition) is 5. The van der Waals surface area contributed by atoms with Gasteiger partial charge in [-0.1, -0.05) is 51.8 Å². The van der Waals surface area contributed by atoms with Gasteiger partial charge in [0.1, 0.15) is 17.7 Å². The molecule has 3 amide bonds. The molecule has 33 heavy (non-hydrogen) atoms. The van der Waals surface area contributed by atoms with Crippen molar-refractivity contribution in [1.29, 1.82) is 0 Å². The Kier molecular flexibility index (Phi) is 5.30. The van der Waals surface area contributed by atoms with Crippen LogP contribution < -0.4 is 15.2 Å². The van der Waals surface area contributed by atoms with Gasteiger partial charge in [-0.2, -0.15) is 5.10 Å². The molecule has 0 saturated carbocycles. The number of anilines is 3. The lowest BCUT2D eigenvalue weighted by Crippen LogP contribution is -2.39. The Bertz CT molecular complexity index is 1270. The summed E-state index contributed by atoms with van der Waals surface area (Å²) < 4.78 is 0.830. The maximum atomic E-state index is 13.5. The maximum Gasteiger partial charge on any atom is 0.272 e. The van der Waals surface area contributed by atoms with E-state index >= 15 is 0 Å². The average Bonchev–Trinajstić information content (AvgIpc) is 3.33. The van der Waals surface area contributed by atoms with Crippen LogP contribution in [0.2, 0.25) is 0 Å². The van der Waals surface area contributed by atoms with Crippen molar-refractivity contribution in [3.63, 3.8) is 0 Å².